The zero-order valence-electron chi connectivity index (χ0n) is 18.7. The van der Waals surface area contributed by atoms with Crippen LogP contribution in [0.25, 0.3) is 0 Å². The lowest BCUT2D eigenvalue weighted by atomic mass is 10.1. The topological polar surface area (TPSA) is 90.0 Å². The Hall–Kier alpha value is -3.52. The quantitative estimate of drug-likeness (QED) is 0.569. The van der Waals surface area contributed by atoms with Crippen molar-refractivity contribution in [3.8, 4) is 0 Å². The lowest BCUT2D eigenvalue weighted by Gasteiger charge is -2.38. The summed E-state index contributed by atoms with van der Waals surface area (Å²) in [6.45, 7) is 7.10. The van der Waals surface area contributed by atoms with E-state index < -0.39 is 16.0 Å². The van der Waals surface area contributed by atoms with E-state index in [0.717, 1.165) is 13.1 Å². The Balaban J connectivity index is 1.53. The number of sulfonamides is 1. The van der Waals surface area contributed by atoms with Gasteiger partial charge in [0.1, 0.15) is 0 Å². The summed E-state index contributed by atoms with van der Waals surface area (Å²) in [6.07, 6.45) is 0. The number of nitrogens with one attached hydrogen (secondary N) is 1. The first-order chi connectivity index (χ1) is 15.8. The van der Waals surface area contributed by atoms with Crippen LogP contribution in [0.3, 0.4) is 0 Å². The number of carboxylic acids is 1. The number of carbonyl (C=O) groups is 1. The van der Waals surface area contributed by atoms with E-state index in [4.69, 9.17) is 0 Å². The van der Waals surface area contributed by atoms with Crippen molar-refractivity contribution in [2.24, 2.45) is 0 Å². The summed E-state index contributed by atoms with van der Waals surface area (Å²) in [6, 6.07) is 18.9. The Morgan fingerprint density at radius 1 is 0.848 bits per heavy atom. The molecule has 1 aliphatic rings. The van der Waals surface area contributed by atoms with Crippen LogP contribution >= 0.6 is 0 Å². The van der Waals surface area contributed by atoms with Crippen LogP contribution in [0.1, 0.15) is 21.5 Å². The molecule has 4 rings (SSSR count). The van der Waals surface area contributed by atoms with E-state index in [9.17, 15) is 18.3 Å². The van der Waals surface area contributed by atoms with Gasteiger partial charge >= 0.3 is 5.97 Å². The molecule has 0 spiro atoms. The Morgan fingerprint density at radius 2 is 1.48 bits per heavy atom. The highest BCUT2D eigenvalue weighted by atomic mass is 32.2. The molecule has 7 nitrogen and oxygen atoms in total. The van der Waals surface area contributed by atoms with Gasteiger partial charge in [-0.2, -0.15) is 0 Å². The first-order valence-electron chi connectivity index (χ1n) is 10.8. The summed E-state index contributed by atoms with van der Waals surface area (Å²) in [5.74, 6) is -1.09. The van der Waals surface area contributed by atoms with E-state index >= 15 is 0 Å². The van der Waals surface area contributed by atoms with Crippen molar-refractivity contribution in [1.82, 2.24) is 0 Å². The van der Waals surface area contributed by atoms with Crippen molar-refractivity contribution in [2.75, 3.05) is 40.7 Å². The first-order valence-corrected chi connectivity index (χ1v) is 12.3. The molecule has 1 aliphatic heterocycles. The third-order valence-electron chi connectivity index (χ3n) is 6.07. The lowest BCUT2D eigenvalue weighted by molar-refractivity contribution is 0.0697. The predicted molar refractivity (Wildman–Crippen MR) is 131 cm³/mol. The minimum Gasteiger partial charge on any atom is -0.478 e. The standard InChI is InChI=1S/C25H27N3O4S/c1-18-7-6-10-23(19(18)2)27-13-15-28(16-14-27)24-12-11-20(17-22(24)25(29)30)26-33(31,32)21-8-4-3-5-9-21/h3-12,17,26H,13-16H2,1-2H3,(H,29,30). The molecule has 0 aliphatic carbocycles. The first kappa shape index (κ1) is 22.7. The van der Waals surface area contributed by atoms with Crippen LogP contribution in [-0.4, -0.2) is 45.7 Å². The third-order valence-corrected chi connectivity index (χ3v) is 7.47. The fourth-order valence-electron chi connectivity index (χ4n) is 4.13. The molecule has 172 valence electrons. The van der Waals surface area contributed by atoms with Gasteiger partial charge in [0.15, 0.2) is 0 Å². The van der Waals surface area contributed by atoms with Gasteiger partial charge in [-0.15, -0.1) is 0 Å². The Kier molecular flexibility index (Phi) is 6.29. The van der Waals surface area contributed by atoms with Crippen molar-refractivity contribution in [3.05, 3.63) is 83.4 Å². The molecule has 3 aromatic carbocycles. The van der Waals surface area contributed by atoms with Crippen LogP contribution in [0.4, 0.5) is 17.1 Å². The van der Waals surface area contributed by atoms with Crippen molar-refractivity contribution >= 4 is 33.1 Å². The minimum absolute atomic E-state index is 0.0726. The number of benzene rings is 3. The van der Waals surface area contributed by atoms with Crippen LogP contribution in [0, 0.1) is 13.8 Å². The zero-order valence-corrected chi connectivity index (χ0v) is 19.5. The second-order valence-corrected chi connectivity index (χ2v) is 9.83. The molecular formula is C25H27N3O4S. The Labute approximate surface area is 194 Å². The van der Waals surface area contributed by atoms with Crippen LogP contribution < -0.4 is 14.5 Å². The van der Waals surface area contributed by atoms with E-state index in [-0.39, 0.29) is 16.1 Å². The summed E-state index contributed by atoms with van der Waals surface area (Å²) in [5, 5.41) is 9.82. The number of anilines is 3. The molecule has 0 aromatic heterocycles. The van der Waals surface area contributed by atoms with Crippen molar-refractivity contribution in [2.45, 2.75) is 18.7 Å². The van der Waals surface area contributed by atoms with E-state index in [1.807, 2.05) is 4.90 Å². The highest BCUT2D eigenvalue weighted by molar-refractivity contribution is 7.92. The van der Waals surface area contributed by atoms with Crippen LogP contribution in [0.2, 0.25) is 0 Å². The number of nitrogens with zero attached hydrogens (tertiary/aromatic N) is 2. The zero-order chi connectivity index (χ0) is 23.6. The van der Waals surface area contributed by atoms with Crippen LogP contribution in [-0.2, 0) is 10.0 Å². The molecule has 1 heterocycles. The van der Waals surface area contributed by atoms with E-state index in [0.29, 0.717) is 18.8 Å². The summed E-state index contributed by atoms with van der Waals surface area (Å²) < 4.78 is 27.7. The Morgan fingerprint density at radius 3 is 2.12 bits per heavy atom. The van der Waals surface area contributed by atoms with Crippen molar-refractivity contribution < 1.29 is 18.3 Å². The van der Waals surface area contributed by atoms with Gasteiger partial charge in [-0.3, -0.25) is 4.72 Å². The minimum atomic E-state index is -3.80. The molecule has 33 heavy (non-hydrogen) atoms. The van der Waals surface area contributed by atoms with Gasteiger partial charge < -0.3 is 14.9 Å². The smallest absolute Gasteiger partial charge is 0.337 e. The highest BCUT2D eigenvalue weighted by Crippen LogP contribution is 2.29. The van der Waals surface area contributed by atoms with E-state index in [2.05, 4.69) is 41.7 Å². The fraction of sp³-hybridized carbons (Fsp3) is 0.240. The van der Waals surface area contributed by atoms with Crippen LogP contribution in [0.15, 0.2) is 71.6 Å². The summed E-state index contributed by atoms with van der Waals surface area (Å²) >= 11 is 0. The molecule has 0 amide bonds. The van der Waals surface area contributed by atoms with Gasteiger partial charge in [-0.1, -0.05) is 30.3 Å². The SMILES string of the molecule is Cc1cccc(N2CCN(c3ccc(NS(=O)(=O)c4ccccc4)cc3C(=O)O)CC2)c1C. The molecule has 1 fully saturated rings. The number of aromatic carboxylic acids is 1. The van der Waals surface area contributed by atoms with Gasteiger partial charge in [-0.25, -0.2) is 13.2 Å². The highest BCUT2D eigenvalue weighted by Gasteiger charge is 2.24. The molecule has 2 N–H and O–H groups in total. The molecule has 8 heteroatoms. The number of carboxylic acid groups (broad SMARTS) is 1. The van der Waals surface area contributed by atoms with Gasteiger partial charge in [0.2, 0.25) is 0 Å². The van der Waals surface area contributed by atoms with Gasteiger partial charge in [-0.05, 0) is 61.4 Å². The van der Waals surface area contributed by atoms with Crippen molar-refractivity contribution in [3.63, 3.8) is 0 Å². The number of hydrogen-bond acceptors (Lipinski definition) is 5. The molecule has 3 aromatic rings. The predicted octanol–water partition coefficient (Wildman–Crippen LogP) is 4.13. The normalized spacial score (nSPS) is 14.2. The lowest BCUT2D eigenvalue weighted by Crippen LogP contribution is -2.47. The Bertz CT molecular complexity index is 1270. The third kappa shape index (κ3) is 4.80. The maximum atomic E-state index is 12.6. The molecule has 1 saturated heterocycles. The van der Waals surface area contributed by atoms with Gasteiger partial charge in [0.25, 0.3) is 10.0 Å². The van der Waals surface area contributed by atoms with Crippen LogP contribution in [0.5, 0.6) is 0 Å². The van der Waals surface area contributed by atoms with Gasteiger partial charge in [0, 0.05) is 37.6 Å². The number of piperazine rings is 1. The summed E-state index contributed by atoms with van der Waals surface area (Å²) in [4.78, 5) is 16.5. The monoisotopic (exact) mass is 465 g/mol. The molecule has 0 radical (unpaired) electrons. The largest absolute Gasteiger partial charge is 0.478 e. The fourth-order valence-corrected chi connectivity index (χ4v) is 5.20. The van der Waals surface area contributed by atoms with E-state index in [1.165, 1.54) is 35.0 Å². The summed E-state index contributed by atoms with van der Waals surface area (Å²) in [7, 11) is -3.80. The average molecular weight is 466 g/mol. The second-order valence-electron chi connectivity index (χ2n) is 8.15. The summed E-state index contributed by atoms with van der Waals surface area (Å²) in [5.41, 5.74) is 4.59. The average Bonchev–Trinajstić information content (AvgIpc) is 2.81. The van der Waals surface area contributed by atoms with Crippen molar-refractivity contribution in [1.29, 1.82) is 0 Å². The number of aryl methyl sites for hydroxylation is 1. The molecule has 0 atom stereocenters. The number of rotatable bonds is 6. The second kappa shape index (κ2) is 9.15. The maximum Gasteiger partial charge on any atom is 0.337 e. The molecular weight excluding hydrogens is 438 g/mol. The molecule has 0 saturated carbocycles. The number of hydrogen-bond donors (Lipinski definition) is 2. The maximum absolute atomic E-state index is 12.6. The van der Waals surface area contributed by atoms with E-state index in [1.54, 1.807) is 30.3 Å². The molecule has 0 bridgehead atoms. The van der Waals surface area contributed by atoms with Gasteiger partial charge in [0.05, 0.1) is 16.1 Å². The molecule has 0 unspecified atom stereocenters.